The normalized spacial score (nSPS) is 14.7. The number of ether oxygens (including phenoxy) is 1. The van der Waals surface area contributed by atoms with Gasteiger partial charge < -0.3 is 14.3 Å². The number of benzene rings is 1. The second-order valence-corrected chi connectivity index (χ2v) is 13.5. The van der Waals surface area contributed by atoms with Crippen LogP contribution >= 0.6 is 0 Å². The fraction of sp³-hybridized carbons (Fsp3) is 0.632. The van der Waals surface area contributed by atoms with E-state index in [1.165, 1.54) is 12.1 Å². The van der Waals surface area contributed by atoms with E-state index in [1.807, 2.05) is 0 Å². The maximum Gasteiger partial charge on any atom is 0.342 e. The second kappa shape index (κ2) is 7.88. The molecule has 0 aliphatic heterocycles. The van der Waals surface area contributed by atoms with Crippen molar-refractivity contribution in [1.29, 1.82) is 0 Å². The monoisotopic (exact) mass is 395 g/mol. The highest BCUT2D eigenvalue weighted by molar-refractivity contribution is 6.78. The Morgan fingerprint density at radius 1 is 1.11 bits per heavy atom. The average molecular weight is 396 g/mol. The molecular formula is C19H29NO6Si. The standard InChI is InChI=1S/C19H29NO6Si/c1-11(2)27(12(3)4,13(5)6)26-18-10-16(20(23)24)15(19(21)22)9-17(18)25-14-7-8-14/h9-14H,7-8H2,1-6H3,(H,21,22). The van der Waals surface area contributed by atoms with Gasteiger partial charge in [0.25, 0.3) is 14.0 Å². The number of carbonyl (C=O) groups is 1. The van der Waals surface area contributed by atoms with Crippen molar-refractivity contribution < 1.29 is 24.0 Å². The largest absolute Gasteiger partial charge is 0.540 e. The van der Waals surface area contributed by atoms with Gasteiger partial charge in [0.2, 0.25) is 0 Å². The van der Waals surface area contributed by atoms with Crippen LogP contribution in [0.2, 0.25) is 16.6 Å². The summed E-state index contributed by atoms with van der Waals surface area (Å²) < 4.78 is 12.5. The van der Waals surface area contributed by atoms with E-state index in [-0.39, 0.29) is 28.3 Å². The zero-order chi connectivity index (χ0) is 20.5. The molecule has 0 aromatic heterocycles. The number of nitrogens with zero attached hydrogens (tertiary/aromatic N) is 1. The van der Waals surface area contributed by atoms with Crippen LogP contribution in [0.4, 0.5) is 5.69 Å². The maximum absolute atomic E-state index is 11.5. The van der Waals surface area contributed by atoms with Gasteiger partial charge in [0, 0.05) is 6.07 Å². The van der Waals surface area contributed by atoms with Crippen molar-refractivity contribution in [3.8, 4) is 11.5 Å². The van der Waals surface area contributed by atoms with E-state index >= 15 is 0 Å². The van der Waals surface area contributed by atoms with Crippen LogP contribution in [0.25, 0.3) is 0 Å². The van der Waals surface area contributed by atoms with Crippen molar-refractivity contribution in [2.75, 3.05) is 0 Å². The van der Waals surface area contributed by atoms with Crippen LogP contribution in [-0.4, -0.2) is 30.4 Å². The molecule has 27 heavy (non-hydrogen) atoms. The van der Waals surface area contributed by atoms with E-state index in [9.17, 15) is 20.0 Å². The third-order valence-electron chi connectivity index (χ3n) is 5.30. The molecule has 8 heteroatoms. The van der Waals surface area contributed by atoms with Crippen molar-refractivity contribution >= 4 is 20.0 Å². The average Bonchev–Trinajstić information content (AvgIpc) is 3.35. The van der Waals surface area contributed by atoms with Gasteiger partial charge in [-0.2, -0.15) is 0 Å². The highest BCUT2D eigenvalue weighted by atomic mass is 28.4. The van der Waals surface area contributed by atoms with E-state index in [2.05, 4.69) is 41.5 Å². The lowest BCUT2D eigenvalue weighted by Gasteiger charge is -2.42. The van der Waals surface area contributed by atoms with Crippen molar-refractivity contribution in [3.05, 3.63) is 27.8 Å². The maximum atomic E-state index is 11.5. The molecule has 1 aromatic rings. The minimum Gasteiger partial charge on any atom is -0.540 e. The second-order valence-electron chi connectivity index (χ2n) is 8.12. The molecule has 1 fully saturated rings. The van der Waals surface area contributed by atoms with Gasteiger partial charge in [-0.05, 0) is 29.5 Å². The molecule has 0 unspecified atom stereocenters. The Morgan fingerprint density at radius 3 is 2.00 bits per heavy atom. The zero-order valence-corrected chi connectivity index (χ0v) is 17.8. The van der Waals surface area contributed by atoms with Crippen LogP contribution in [0.5, 0.6) is 11.5 Å². The molecule has 1 saturated carbocycles. The van der Waals surface area contributed by atoms with Gasteiger partial charge in [0.05, 0.1) is 17.1 Å². The number of carboxylic acid groups (broad SMARTS) is 1. The van der Waals surface area contributed by atoms with Crippen LogP contribution < -0.4 is 9.16 Å². The Morgan fingerprint density at radius 2 is 1.63 bits per heavy atom. The van der Waals surface area contributed by atoms with E-state index in [4.69, 9.17) is 9.16 Å². The predicted molar refractivity (Wildman–Crippen MR) is 105 cm³/mol. The van der Waals surface area contributed by atoms with E-state index in [0.29, 0.717) is 11.5 Å². The first kappa shape index (κ1) is 21.2. The summed E-state index contributed by atoms with van der Waals surface area (Å²) in [5.74, 6) is -0.769. The fourth-order valence-electron chi connectivity index (χ4n) is 3.95. The van der Waals surface area contributed by atoms with Crippen LogP contribution in [0.3, 0.4) is 0 Å². The first-order chi connectivity index (χ1) is 12.5. The lowest BCUT2D eigenvalue weighted by atomic mass is 10.1. The summed E-state index contributed by atoms with van der Waals surface area (Å²) in [7, 11) is -2.38. The Bertz CT molecular complexity index is 705. The molecule has 0 radical (unpaired) electrons. The number of nitro benzene ring substituents is 1. The van der Waals surface area contributed by atoms with Gasteiger partial charge >= 0.3 is 5.97 Å². The molecular weight excluding hydrogens is 366 g/mol. The number of carboxylic acids is 1. The number of hydrogen-bond donors (Lipinski definition) is 1. The summed E-state index contributed by atoms with van der Waals surface area (Å²) in [6, 6.07) is 2.48. The van der Waals surface area contributed by atoms with E-state index in [0.717, 1.165) is 12.8 Å². The van der Waals surface area contributed by atoms with Crippen LogP contribution in [0, 0.1) is 10.1 Å². The van der Waals surface area contributed by atoms with Crippen molar-refractivity contribution in [3.63, 3.8) is 0 Å². The Hall–Kier alpha value is -2.09. The smallest absolute Gasteiger partial charge is 0.342 e. The van der Waals surface area contributed by atoms with Crippen LogP contribution in [0.1, 0.15) is 64.7 Å². The molecule has 1 aromatic carbocycles. The predicted octanol–water partition coefficient (Wildman–Crippen LogP) is 5.39. The summed E-state index contributed by atoms with van der Waals surface area (Å²) in [6.45, 7) is 12.7. The third-order valence-corrected chi connectivity index (χ3v) is 11.3. The number of hydrogen-bond acceptors (Lipinski definition) is 5. The fourth-order valence-corrected chi connectivity index (χ4v) is 9.20. The zero-order valence-electron chi connectivity index (χ0n) is 16.8. The molecule has 1 N–H and O–H groups in total. The molecule has 0 saturated heterocycles. The Balaban J connectivity index is 2.63. The van der Waals surface area contributed by atoms with E-state index in [1.54, 1.807) is 0 Å². The summed E-state index contributed by atoms with van der Waals surface area (Å²) >= 11 is 0. The summed E-state index contributed by atoms with van der Waals surface area (Å²) in [6.07, 6.45) is 1.79. The van der Waals surface area contributed by atoms with Gasteiger partial charge in [-0.25, -0.2) is 4.79 Å². The summed E-state index contributed by atoms with van der Waals surface area (Å²) in [5.41, 5.74) is -0.0489. The molecule has 0 bridgehead atoms. The Labute approximate surface area is 161 Å². The van der Waals surface area contributed by atoms with Crippen LogP contribution in [-0.2, 0) is 0 Å². The minimum atomic E-state index is -2.38. The lowest BCUT2D eigenvalue weighted by molar-refractivity contribution is -0.385. The highest BCUT2D eigenvalue weighted by Gasteiger charge is 2.48. The summed E-state index contributed by atoms with van der Waals surface area (Å²) in [4.78, 5) is 22.3. The van der Waals surface area contributed by atoms with Gasteiger partial charge in [0.1, 0.15) is 5.56 Å². The number of aromatic carboxylic acids is 1. The molecule has 150 valence electrons. The minimum absolute atomic E-state index is 0.0173. The Kier molecular flexibility index (Phi) is 6.19. The number of rotatable bonds is 9. The molecule has 0 heterocycles. The van der Waals surface area contributed by atoms with Crippen LogP contribution in [0.15, 0.2) is 12.1 Å². The van der Waals surface area contributed by atoms with E-state index < -0.39 is 24.9 Å². The van der Waals surface area contributed by atoms with Crippen molar-refractivity contribution in [2.45, 2.75) is 77.1 Å². The third kappa shape index (κ3) is 4.26. The van der Waals surface area contributed by atoms with Gasteiger partial charge in [-0.3, -0.25) is 10.1 Å². The first-order valence-electron chi connectivity index (χ1n) is 9.42. The lowest BCUT2D eigenvalue weighted by Crippen LogP contribution is -2.50. The molecule has 1 aliphatic rings. The van der Waals surface area contributed by atoms with Crippen molar-refractivity contribution in [2.24, 2.45) is 0 Å². The topological polar surface area (TPSA) is 98.9 Å². The molecule has 0 amide bonds. The highest BCUT2D eigenvalue weighted by Crippen LogP contribution is 2.47. The quantitative estimate of drug-likeness (QED) is 0.342. The number of nitro groups is 1. The first-order valence-corrected chi connectivity index (χ1v) is 11.6. The molecule has 7 nitrogen and oxygen atoms in total. The van der Waals surface area contributed by atoms with Crippen molar-refractivity contribution in [1.82, 2.24) is 0 Å². The SMILES string of the molecule is CC(C)[Si](Oc1cc([N+](=O)[O-])c(C(=O)O)cc1OC1CC1)(C(C)C)C(C)C. The molecule has 0 spiro atoms. The van der Waals surface area contributed by atoms with Gasteiger partial charge in [0.15, 0.2) is 11.5 Å². The van der Waals surface area contributed by atoms with Gasteiger partial charge in [-0.15, -0.1) is 0 Å². The molecule has 0 atom stereocenters. The van der Waals surface area contributed by atoms with Gasteiger partial charge in [-0.1, -0.05) is 41.5 Å². The molecule has 2 rings (SSSR count). The molecule has 1 aliphatic carbocycles. The summed E-state index contributed by atoms with van der Waals surface area (Å²) in [5, 5.41) is 20.8.